The van der Waals surface area contributed by atoms with E-state index in [9.17, 15) is 0 Å². The van der Waals surface area contributed by atoms with E-state index >= 15 is 0 Å². The molecule has 0 bridgehead atoms. The van der Waals surface area contributed by atoms with Crippen LogP contribution in [0.25, 0.3) is 0 Å². The molecule has 0 aromatic carbocycles. The Morgan fingerprint density at radius 3 is 2.50 bits per heavy atom. The zero-order valence-corrected chi connectivity index (χ0v) is 12.4. The smallest absolute Gasteiger partial charge is 0.0473 e. The number of hydrogen-bond acceptors (Lipinski definition) is 4. The van der Waals surface area contributed by atoms with Crippen LogP contribution in [0.1, 0.15) is 26.2 Å². The Kier molecular flexibility index (Phi) is 4.64. The highest BCUT2D eigenvalue weighted by atomic mass is 15.3. The minimum atomic E-state index is 0.237. The van der Waals surface area contributed by atoms with Crippen LogP contribution in [0.4, 0.5) is 0 Å². The first-order chi connectivity index (χ1) is 8.61. The fourth-order valence-corrected chi connectivity index (χ4v) is 3.79. The van der Waals surface area contributed by atoms with Crippen LogP contribution in [0, 0.1) is 0 Å². The van der Waals surface area contributed by atoms with Crippen LogP contribution in [0.5, 0.6) is 0 Å². The third-order valence-electron chi connectivity index (χ3n) is 4.89. The zero-order valence-electron chi connectivity index (χ0n) is 12.4. The van der Waals surface area contributed by atoms with Crippen LogP contribution in [0.2, 0.25) is 0 Å². The van der Waals surface area contributed by atoms with E-state index in [0.29, 0.717) is 6.04 Å². The van der Waals surface area contributed by atoms with Crippen molar-refractivity contribution < 1.29 is 0 Å². The first kappa shape index (κ1) is 14.3. The number of likely N-dealkylation sites (tertiary alicyclic amines) is 1. The molecule has 2 aliphatic rings. The number of nitrogens with two attached hydrogens (primary N) is 1. The molecule has 2 saturated heterocycles. The molecule has 2 atom stereocenters. The monoisotopic (exact) mass is 254 g/mol. The summed E-state index contributed by atoms with van der Waals surface area (Å²) in [6.07, 6.45) is 3.74. The van der Waals surface area contributed by atoms with Crippen molar-refractivity contribution in [3.63, 3.8) is 0 Å². The summed E-state index contributed by atoms with van der Waals surface area (Å²) >= 11 is 0. The van der Waals surface area contributed by atoms with Crippen LogP contribution in [0.3, 0.4) is 0 Å². The molecule has 0 aromatic heterocycles. The van der Waals surface area contributed by atoms with E-state index in [2.05, 4.69) is 35.7 Å². The largest absolute Gasteiger partial charge is 0.329 e. The molecule has 0 aromatic rings. The number of hydrogen-bond donors (Lipinski definition) is 1. The highest BCUT2D eigenvalue weighted by molar-refractivity contribution is 5.02. The number of rotatable bonds is 3. The van der Waals surface area contributed by atoms with Gasteiger partial charge in [0.15, 0.2) is 0 Å². The predicted octanol–water partition coefficient (Wildman–Crippen LogP) is 0.436. The maximum Gasteiger partial charge on any atom is 0.0473 e. The Bertz CT molecular complexity index is 271. The summed E-state index contributed by atoms with van der Waals surface area (Å²) in [4.78, 5) is 7.67. The van der Waals surface area contributed by atoms with Gasteiger partial charge in [-0.3, -0.25) is 4.90 Å². The lowest BCUT2D eigenvalue weighted by molar-refractivity contribution is 0.0540. The van der Waals surface area contributed by atoms with Gasteiger partial charge in [0.05, 0.1) is 0 Å². The Hall–Kier alpha value is -0.160. The molecule has 18 heavy (non-hydrogen) atoms. The predicted molar refractivity (Wildman–Crippen MR) is 76.8 cm³/mol. The molecule has 0 amide bonds. The van der Waals surface area contributed by atoms with E-state index in [4.69, 9.17) is 5.73 Å². The van der Waals surface area contributed by atoms with Gasteiger partial charge in [-0.2, -0.15) is 0 Å². The molecule has 0 spiro atoms. The standard InChI is InChI=1S/C14H30N4/c1-4-13-10-16(2)7-5-8-18(13)14(11-15)6-9-17(3)12-14/h13H,4-12,15H2,1-3H3. The maximum absolute atomic E-state index is 6.18. The van der Waals surface area contributed by atoms with Crippen molar-refractivity contribution in [1.82, 2.24) is 14.7 Å². The van der Waals surface area contributed by atoms with Gasteiger partial charge in [-0.15, -0.1) is 0 Å². The van der Waals surface area contributed by atoms with Crippen LogP contribution in [-0.2, 0) is 0 Å². The van der Waals surface area contributed by atoms with E-state index in [-0.39, 0.29) is 5.54 Å². The molecule has 2 rings (SSSR count). The molecule has 0 radical (unpaired) electrons. The molecule has 2 heterocycles. The van der Waals surface area contributed by atoms with Gasteiger partial charge in [-0.25, -0.2) is 0 Å². The van der Waals surface area contributed by atoms with E-state index < -0.39 is 0 Å². The van der Waals surface area contributed by atoms with Crippen molar-refractivity contribution in [3.8, 4) is 0 Å². The lowest BCUT2D eigenvalue weighted by Crippen LogP contribution is -2.60. The summed E-state index contributed by atoms with van der Waals surface area (Å²) in [5.74, 6) is 0. The summed E-state index contributed by atoms with van der Waals surface area (Å²) in [7, 11) is 4.48. The quantitative estimate of drug-likeness (QED) is 0.792. The van der Waals surface area contributed by atoms with Gasteiger partial charge in [0.1, 0.15) is 0 Å². The molecule has 0 aliphatic carbocycles. The minimum absolute atomic E-state index is 0.237. The van der Waals surface area contributed by atoms with Crippen molar-refractivity contribution >= 4 is 0 Å². The molecule has 2 aliphatic heterocycles. The average Bonchev–Trinajstić information content (AvgIpc) is 2.64. The van der Waals surface area contributed by atoms with Gasteiger partial charge >= 0.3 is 0 Å². The Morgan fingerprint density at radius 2 is 1.94 bits per heavy atom. The molecule has 2 N–H and O–H groups in total. The lowest BCUT2D eigenvalue weighted by atomic mass is 9.93. The topological polar surface area (TPSA) is 35.7 Å². The fourth-order valence-electron chi connectivity index (χ4n) is 3.79. The molecule has 4 nitrogen and oxygen atoms in total. The molecule has 106 valence electrons. The third kappa shape index (κ3) is 2.72. The van der Waals surface area contributed by atoms with Crippen LogP contribution < -0.4 is 5.73 Å². The summed E-state index contributed by atoms with van der Waals surface area (Å²) in [6.45, 7) is 9.10. The molecular formula is C14H30N4. The van der Waals surface area contributed by atoms with Gasteiger partial charge in [-0.1, -0.05) is 6.92 Å². The van der Waals surface area contributed by atoms with Gasteiger partial charge in [0, 0.05) is 37.8 Å². The molecule has 2 unspecified atom stereocenters. The first-order valence-corrected chi connectivity index (χ1v) is 7.45. The van der Waals surface area contributed by atoms with Crippen LogP contribution >= 0.6 is 0 Å². The van der Waals surface area contributed by atoms with E-state index in [1.165, 1.54) is 45.4 Å². The average molecular weight is 254 g/mol. The SMILES string of the molecule is CCC1CN(C)CCCN1C1(CN)CCN(C)C1. The maximum atomic E-state index is 6.18. The van der Waals surface area contributed by atoms with E-state index in [1.54, 1.807) is 0 Å². The van der Waals surface area contributed by atoms with Crippen molar-refractivity contribution in [3.05, 3.63) is 0 Å². The van der Waals surface area contributed by atoms with Crippen molar-refractivity contribution in [2.45, 2.75) is 37.8 Å². The summed E-state index contributed by atoms with van der Waals surface area (Å²) < 4.78 is 0. The fraction of sp³-hybridized carbons (Fsp3) is 1.00. The van der Waals surface area contributed by atoms with Gasteiger partial charge in [0.2, 0.25) is 0 Å². The van der Waals surface area contributed by atoms with Crippen molar-refractivity contribution in [2.75, 3.05) is 53.4 Å². The summed E-state index contributed by atoms with van der Waals surface area (Å²) in [5.41, 5.74) is 6.42. The minimum Gasteiger partial charge on any atom is -0.329 e. The number of nitrogens with zero attached hydrogens (tertiary/aromatic N) is 3. The Morgan fingerprint density at radius 1 is 1.17 bits per heavy atom. The van der Waals surface area contributed by atoms with Crippen LogP contribution in [-0.4, -0.2) is 79.6 Å². The van der Waals surface area contributed by atoms with Gasteiger partial charge in [-0.05, 0) is 46.4 Å². The van der Waals surface area contributed by atoms with Crippen molar-refractivity contribution in [1.29, 1.82) is 0 Å². The van der Waals surface area contributed by atoms with Gasteiger partial charge in [0.25, 0.3) is 0 Å². The number of likely N-dealkylation sites (N-methyl/N-ethyl adjacent to an activating group) is 2. The van der Waals surface area contributed by atoms with E-state index in [0.717, 1.165) is 13.1 Å². The highest BCUT2D eigenvalue weighted by Gasteiger charge is 2.43. The molecular weight excluding hydrogens is 224 g/mol. The second-order valence-corrected chi connectivity index (χ2v) is 6.29. The van der Waals surface area contributed by atoms with Gasteiger partial charge < -0.3 is 15.5 Å². The zero-order chi connectivity index (χ0) is 13.2. The second kappa shape index (κ2) is 5.87. The van der Waals surface area contributed by atoms with E-state index in [1.807, 2.05) is 0 Å². The summed E-state index contributed by atoms with van der Waals surface area (Å²) in [5, 5.41) is 0. The Balaban J connectivity index is 2.17. The Labute approximate surface area is 112 Å². The summed E-state index contributed by atoms with van der Waals surface area (Å²) in [6, 6.07) is 0.674. The molecule has 2 fully saturated rings. The van der Waals surface area contributed by atoms with Crippen LogP contribution in [0.15, 0.2) is 0 Å². The third-order valence-corrected chi connectivity index (χ3v) is 4.89. The lowest BCUT2D eigenvalue weighted by Gasteiger charge is -2.44. The first-order valence-electron chi connectivity index (χ1n) is 7.45. The normalized spacial score (nSPS) is 37.0. The van der Waals surface area contributed by atoms with Crippen molar-refractivity contribution in [2.24, 2.45) is 5.73 Å². The second-order valence-electron chi connectivity index (χ2n) is 6.29. The highest BCUT2D eigenvalue weighted by Crippen LogP contribution is 2.30. The molecule has 4 heteroatoms. The molecule has 0 saturated carbocycles.